The minimum absolute atomic E-state index is 0.140. The van der Waals surface area contributed by atoms with E-state index in [1.54, 1.807) is 0 Å². The van der Waals surface area contributed by atoms with Crippen molar-refractivity contribution < 1.29 is 9.60 Å². The fraction of sp³-hybridized carbons (Fsp3) is 0.125. The number of nitrogens with zero attached hydrogens (tertiary/aromatic N) is 1. The minimum Gasteiger partial charge on any atom is -0.411 e. The third kappa shape index (κ3) is 1.56. The molecule has 0 unspecified atom stereocenters. The Labute approximate surface area is 74.3 Å². The van der Waals surface area contributed by atoms with Crippen LogP contribution in [-0.4, -0.2) is 10.9 Å². The van der Waals surface area contributed by atoms with Gasteiger partial charge in [-0.3, -0.25) is 0 Å². The van der Waals surface area contributed by atoms with Crippen molar-refractivity contribution in [3.63, 3.8) is 0 Å². The van der Waals surface area contributed by atoms with E-state index in [0.717, 1.165) is 0 Å². The van der Waals surface area contributed by atoms with Crippen LogP contribution < -0.4 is 0 Å². The maximum atomic E-state index is 13.0. The first kappa shape index (κ1) is 9.00. The molecule has 0 amide bonds. The Morgan fingerprint density at radius 3 is 2.75 bits per heavy atom. The van der Waals surface area contributed by atoms with E-state index >= 15 is 0 Å². The van der Waals surface area contributed by atoms with Gasteiger partial charge in [-0.1, -0.05) is 22.8 Å². The Hall–Kier alpha value is -1.09. The predicted octanol–water partition coefficient (Wildman–Crippen LogP) is 2.68. The molecule has 4 heteroatoms. The van der Waals surface area contributed by atoms with Crippen LogP contribution in [0.2, 0.25) is 5.02 Å². The lowest BCUT2D eigenvalue weighted by atomic mass is 10.1. The lowest BCUT2D eigenvalue weighted by Gasteiger charge is -2.02. The summed E-state index contributed by atoms with van der Waals surface area (Å²) in [7, 11) is 0. The summed E-state index contributed by atoms with van der Waals surface area (Å²) in [6, 6.07) is 4.29. The molecule has 0 spiro atoms. The Morgan fingerprint density at radius 1 is 1.58 bits per heavy atom. The van der Waals surface area contributed by atoms with E-state index in [-0.39, 0.29) is 16.3 Å². The molecule has 0 atom stereocenters. The fourth-order valence-corrected chi connectivity index (χ4v) is 1.19. The van der Waals surface area contributed by atoms with Crippen molar-refractivity contribution in [2.45, 2.75) is 6.92 Å². The third-order valence-electron chi connectivity index (χ3n) is 1.47. The molecule has 0 aliphatic heterocycles. The van der Waals surface area contributed by atoms with Crippen LogP contribution in [-0.2, 0) is 0 Å². The highest BCUT2D eigenvalue weighted by Gasteiger charge is 2.09. The normalized spacial score (nSPS) is 11.8. The summed E-state index contributed by atoms with van der Waals surface area (Å²) < 4.78 is 13.0. The van der Waals surface area contributed by atoms with E-state index in [1.165, 1.54) is 25.1 Å². The summed E-state index contributed by atoms with van der Waals surface area (Å²) in [6.45, 7) is 1.48. The van der Waals surface area contributed by atoms with Crippen LogP contribution >= 0.6 is 11.6 Å². The van der Waals surface area contributed by atoms with Gasteiger partial charge in [0.2, 0.25) is 0 Å². The van der Waals surface area contributed by atoms with Gasteiger partial charge in [-0.25, -0.2) is 4.39 Å². The zero-order valence-electron chi connectivity index (χ0n) is 6.38. The maximum Gasteiger partial charge on any atom is 0.133 e. The molecule has 1 rings (SSSR count). The standard InChI is InChI=1S/C8H7ClFNO/c1-5(11-12)8-6(9)3-2-4-7(8)10/h2-4,12H,1H3. The second-order valence-electron chi connectivity index (χ2n) is 2.28. The summed E-state index contributed by atoms with van der Waals surface area (Å²) in [6.07, 6.45) is 0. The van der Waals surface area contributed by atoms with Gasteiger partial charge in [0.15, 0.2) is 0 Å². The average molecular weight is 188 g/mol. The van der Waals surface area contributed by atoms with Crippen molar-refractivity contribution in [2.24, 2.45) is 5.16 Å². The minimum atomic E-state index is -0.488. The molecule has 0 bridgehead atoms. The molecular weight excluding hydrogens is 181 g/mol. The zero-order valence-corrected chi connectivity index (χ0v) is 7.14. The maximum absolute atomic E-state index is 13.0. The van der Waals surface area contributed by atoms with Crippen molar-refractivity contribution in [3.05, 3.63) is 34.6 Å². The molecule has 64 valence electrons. The Bertz CT molecular complexity index is 305. The molecular formula is C8H7ClFNO. The summed E-state index contributed by atoms with van der Waals surface area (Å²) in [5.41, 5.74) is 0.305. The van der Waals surface area contributed by atoms with Gasteiger partial charge in [0.05, 0.1) is 16.3 Å². The molecule has 0 saturated heterocycles. The highest BCUT2D eigenvalue weighted by molar-refractivity contribution is 6.34. The van der Waals surface area contributed by atoms with E-state index in [4.69, 9.17) is 16.8 Å². The number of oxime groups is 1. The van der Waals surface area contributed by atoms with Gasteiger partial charge in [0.1, 0.15) is 5.82 Å². The lowest BCUT2D eigenvalue weighted by Crippen LogP contribution is -1.99. The summed E-state index contributed by atoms with van der Waals surface area (Å²) >= 11 is 5.67. The van der Waals surface area contributed by atoms with E-state index < -0.39 is 5.82 Å². The van der Waals surface area contributed by atoms with E-state index in [9.17, 15) is 4.39 Å². The third-order valence-corrected chi connectivity index (χ3v) is 1.79. The topological polar surface area (TPSA) is 32.6 Å². The van der Waals surface area contributed by atoms with Crippen molar-refractivity contribution in [1.29, 1.82) is 0 Å². The van der Waals surface area contributed by atoms with Crippen molar-refractivity contribution in [1.82, 2.24) is 0 Å². The Morgan fingerprint density at radius 2 is 2.25 bits per heavy atom. The van der Waals surface area contributed by atoms with E-state index in [0.29, 0.717) is 0 Å². The van der Waals surface area contributed by atoms with Gasteiger partial charge in [-0.15, -0.1) is 0 Å². The van der Waals surface area contributed by atoms with Crippen LogP contribution in [0.25, 0.3) is 0 Å². The van der Waals surface area contributed by atoms with E-state index in [1.807, 2.05) is 0 Å². The van der Waals surface area contributed by atoms with Gasteiger partial charge >= 0.3 is 0 Å². The molecule has 0 aliphatic carbocycles. The first-order valence-electron chi connectivity index (χ1n) is 3.30. The Kier molecular flexibility index (Phi) is 2.65. The number of hydrogen-bond donors (Lipinski definition) is 1. The monoisotopic (exact) mass is 187 g/mol. The van der Waals surface area contributed by atoms with Gasteiger partial charge in [0.25, 0.3) is 0 Å². The van der Waals surface area contributed by atoms with Gasteiger partial charge < -0.3 is 5.21 Å². The number of halogens is 2. The quantitative estimate of drug-likeness (QED) is 0.409. The van der Waals surface area contributed by atoms with Crippen LogP contribution in [0.4, 0.5) is 4.39 Å². The molecule has 0 aromatic heterocycles. The van der Waals surface area contributed by atoms with Crippen LogP contribution in [0.5, 0.6) is 0 Å². The summed E-state index contributed by atoms with van der Waals surface area (Å²) in [5.74, 6) is -0.488. The molecule has 1 aromatic rings. The largest absolute Gasteiger partial charge is 0.411 e. The first-order chi connectivity index (χ1) is 5.66. The van der Waals surface area contributed by atoms with Crippen molar-refractivity contribution >= 4 is 17.3 Å². The molecule has 0 aliphatic rings. The number of hydrogen-bond acceptors (Lipinski definition) is 2. The molecule has 0 saturated carbocycles. The Balaban J connectivity index is 3.31. The molecule has 2 nitrogen and oxygen atoms in total. The van der Waals surface area contributed by atoms with Crippen LogP contribution in [0.3, 0.4) is 0 Å². The van der Waals surface area contributed by atoms with Gasteiger partial charge in [-0.05, 0) is 19.1 Å². The molecule has 0 heterocycles. The van der Waals surface area contributed by atoms with E-state index in [2.05, 4.69) is 5.16 Å². The highest BCUT2D eigenvalue weighted by Crippen LogP contribution is 2.19. The van der Waals surface area contributed by atoms with Crippen molar-refractivity contribution in [3.8, 4) is 0 Å². The second-order valence-corrected chi connectivity index (χ2v) is 2.69. The molecule has 0 radical (unpaired) electrons. The van der Waals surface area contributed by atoms with Gasteiger partial charge in [-0.2, -0.15) is 0 Å². The van der Waals surface area contributed by atoms with Crippen molar-refractivity contribution in [2.75, 3.05) is 0 Å². The summed E-state index contributed by atoms with van der Waals surface area (Å²) in [5, 5.41) is 11.5. The van der Waals surface area contributed by atoms with Crippen LogP contribution in [0.1, 0.15) is 12.5 Å². The number of rotatable bonds is 1. The zero-order chi connectivity index (χ0) is 9.14. The summed E-state index contributed by atoms with van der Waals surface area (Å²) in [4.78, 5) is 0. The van der Waals surface area contributed by atoms with Crippen LogP contribution in [0, 0.1) is 5.82 Å². The fourth-order valence-electron chi connectivity index (χ4n) is 0.893. The van der Waals surface area contributed by atoms with Gasteiger partial charge in [0, 0.05) is 0 Å². The van der Waals surface area contributed by atoms with Crippen LogP contribution in [0.15, 0.2) is 23.4 Å². The predicted molar refractivity (Wildman–Crippen MR) is 45.4 cm³/mol. The molecule has 1 aromatic carbocycles. The lowest BCUT2D eigenvalue weighted by molar-refractivity contribution is 0.319. The average Bonchev–Trinajstić information content (AvgIpc) is 2.03. The molecule has 1 N–H and O–H groups in total. The molecule has 12 heavy (non-hydrogen) atoms. The molecule has 0 fully saturated rings. The number of benzene rings is 1. The SMILES string of the molecule is CC(=NO)c1c(F)cccc1Cl. The second kappa shape index (κ2) is 3.54. The first-order valence-corrected chi connectivity index (χ1v) is 3.67. The smallest absolute Gasteiger partial charge is 0.133 e. The highest BCUT2D eigenvalue weighted by atomic mass is 35.5.